The molecule has 1 unspecified atom stereocenters. The van der Waals surface area contributed by atoms with Crippen LogP contribution in [-0.4, -0.2) is 9.97 Å². The monoisotopic (exact) mass is 305 g/mol. The van der Waals surface area contributed by atoms with Gasteiger partial charge in [-0.2, -0.15) is 0 Å². The van der Waals surface area contributed by atoms with E-state index in [2.05, 4.69) is 50.3 Å². The molecular formula is C14H16BrN3. The summed E-state index contributed by atoms with van der Waals surface area (Å²) in [5.74, 6) is 0.681. The minimum absolute atomic E-state index is 0.170. The molecule has 0 amide bonds. The highest BCUT2D eigenvalue weighted by atomic mass is 79.9. The smallest absolute Gasteiger partial charge is 0.223 e. The van der Waals surface area contributed by atoms with E-state index < -0.39 is 0 Å². The highest BCUT2D eigenvalue weighted by Crippen LogP contribution is 2.20. The number of halogens is 1. The molecule has 0 aliphatic heterocycles. The Morgan fingerprint density at radius 1 is 1.11 bits per heavy atom. The fraction of sp³-hybridized carbons (Fsp3) is 0.286. The number of benzene rings is 1. The molecule has 1 aromatic carbocycles. The van der Waals surface area contributed by atoms with Crippen molar-refractivity contribution in [2.45, 2.75) is 26.8 Å². The van der Waals surface area contributed by atoms with E-state index in [-0.39, 0.29) is 6.04 Å². The lowest BCUT2D eigenvalue weighted by molar-refractivity contribution is 0.852. The lowest BCUT2D eigenvalue weighted by atomic mass is 10.1. The molecular weight excluding hydrogens is 290 g/mol. The van der Waals surface area contributed by atoms with E-state index in [0.717, 1.165) is 15.9 Å². The molecule has 1 atom stereocenters. The first kappa shape index (κ1) is 13.0. The van der Waals surface area contributed by atoms with Crippen LogP contribution in [0.1, 0.15) is 29.9 Å². The Kier molecular flexibility index (Phi) is 3.97. The number of nitrogens with zero attached hydrogens (tertiary/aromatic N) is 2. The van der Waals surface area contributed by atoms with E-state index in [9.17, 15) is 0 Å². The Balaban J connectivity index is 2.18. The number of hydrogen-bond donors (Lipinski definition) is 1. The summed E-state index contributed by atoms with van der Waals surface area (Å²) in [7, 11) is 0. The van der Waals surface area contributed by atoms with E-state index in [1.807, 2.05) is 32.0 Å². The van der Waals surface area contributed by atoms with Crippen molar-refractivity contribution in [3.8, 4) is 0 Å². The van der Waals surface area contributed by atoms with Gasteiger partial charge in [0.2, 0.25) is 5.95 Å². The van der Waals surface area contributed by atoms with E-state index in [1.165, 1.54) is 5.56 Å². The Hall–Kier alpha value is -1.42. The Morgan fingerprint density at radius 2 is 1.78 bits per heavy atom. The standard InChI is InChI=1S/C14H16BrN3/c1-9-7-10(2)17-14(16-9)18-11(3)12-5-4-6-13(15)8-12/h4-8,11H,1-3H3,(H,16,17,18). The minimum atomic E-state index is 0.170. The highest BCUT2D eigenvalue weighted by Gasteiger charge is 2.07. The molecule has 0 saturated carbocycles. The van der Waals surface area contributed by atoms with Crippen molar-refractivity contribution in [1.82, 2.24) is 9.97 Å². The molecule has 1 aromatic heterocycles. The van der Waals surface area contributed by atoms with E-state index >= 15 is 0 Å². The first-order valence-electron chi connectivity index (χ1n) is 5.89. The molecule has 94 valence electrons. The number of aromatic nitrogens is 2. The van der Waals surface area contributed by atoms with Gasteiger partial charge < -0.3 is 5.32 Å². The third-order valence-electron chi connectivity index (χ3n) is 2.68. The first-order chi connectivity index (χ1) is 8.54. The largest absolute Gasteiger partial charge is 0.348 e. The summed E-state index contributed by atoms with van der Waals surface area (Å²) in [5.41, 5.74) is 3.16. The van der Waals surface area contributed by atoms with Crippen LogP contribution in [0.5, 0.6) is 0 Å². The Bertz CT molecular complexity index is 534. The number of hydrogen-bond acceptors (Lipinski definition) is 3. The molecule has 0 aliphatic carbocycles. The maximum atomic E-state index is 4.39. The lowest BCUT2D eigenvalue weighted by Crippen LogP contribution is -2.10. The number of nitrogens with one attached hydrogen (secondary N) is 1. The van der Waals surface area contributed by atoms with Gasteiger partial charge in [0, 0.05) is 15.9 Å². The van der Waals surface area contributed by atoms with Gasteiger partial charge in [-0.15, -0.1) is 0 Å². The average Bonchev–Trinajstić information content (AvgIpc) is 2.27. The van der Waals surface area contributed by atoms with Crippen molar-refractivity contribution >= 4 is 21.9 Å². The quantitative estimate of drug-likeness (QED) is 0.930. The van der Waals surface area contributed by atoms with Gasteiger partial charge in [0.05, 0.1) is 6.04 Å². The summed E-state index contributed by atoms with van der Waals surface area (Å²) in [4.78, 5) is 8.78. The van der Waals surface area contributed by atoms with E-state index in [4.69, 9.17) is 0 Å². The van der Waals surface area contributed by atoms with Gasteiger partial charge in [0.15, 0.2) is 0 Å². The van der Waals surface area contributed by atoms with Crippen LogP contribution in [0.15, 0.2) is 34.8 Å². The zero-order valence-corrected chi connectivity index (χ0v) is 12.3. The summed E-state index contributed by atoms with van der Waals surface area (Å²) in [6, 6.07) is 10.4. The summed E-state index contributed by atoms with van der Waals surface area (Å²) < 4.78 is 1.08. The third kappa shape index (κ3) is 3.29. The van der Waals surface area contributed by atoms with Crippen LogP contribution < -0.4 is 5.32 Å². The summed E-state index contributed by atoms with van der Waals surface area (Å²) in [5, 5.41) is 3.32. The number of anilines is 1. The van der Waals surface area contributed by atoms with Crippen molar-refractivity contribution in [3.63, 3.8) is 0 Å². The van der Waals surface area contributed by atoms with Gasteiger partial charge >= 0.3 is 0 Å². The molecule has 0 radical (unpaired) electrons. The predicted octanol–water partition coefficient (Wildman–Crippen LogP) is 4.03. The van der Waals surface area contributed by atoms with Gasteiger partial charge in [0.25, 0.3) is 0 Å². The second-order valence-corrected chi connectivity index (χ2v) is 5.31. The van der Waals surface area contributed by atoms with Gasteiger partial charge in [-0.25, -0.2) is 9.97 Å². The van der Waals surface area contributed by atoms with Crippen LogP contribution in [0.2, 0.25) is 0 Å². The second kappa shape index (κ2) is 5.48. The van der Waals surface area contributed by atoms with Crippen molar-refractivity contribution in [2.75, 3.05) is 5.32 Å². The van der Waals surface area contributed by atoms with Crippen LogP contribution in [0.4, 0.5) is 5.95 Å². The van der Waals surface area contributed by atoms with Crippen molar-refractivity contribution in [3.05, 3.63) is 51.8 Å². The maximum Gasteiger partial charge on any atom is 0.223 e. The van der Waals surface area contributed by atoms with Gasteiger partial charge in [-0.1, -0.05) is 28.1 Å². The molecule has 0 bridgehead atoms. The molecule has 18 heavy (non-hydrogen) atoms. The van der Waals surface area contributed by atoms with Gasteiger partial charge in [-0.05, 0) is 44.5 Å². The predicted molar refractivity (Wildman–Crippen MR) is 77.7 cm³/mol. The SMILES string of the molecule is Cc1cc(C)nc(NC(C)c2cccc(Br)c2)n1. The number of rotatable bonds is 3. The minimum Gasteiger partial charge on any atom is -0.348 e. The second-order valence-electron chi connectivity index (χ2n) is 4.40. The fourth-order valence-corrected chi connectivity index (χ4v) is 2.26. The van der Waals surface area contributed by atoms with E-state index in [1.54, 1.807) is 0 Å². The zero-order chi connectivity index (χ0) is 13.1. The van der Waals surface area contributed by atoms with Gasteiger partial charge in [-0.3, -0.25) is 0 Å². The lowest BCUT2D eigenvalue weighted by Gasteiger charge is -2.15. The fourth-order valence-electron chi connectivity index (χ4n) is 1.84. The van der Waals surface area contributed by atoms with Crippen molar-refractivity contribution in [2.24, 2.45) is 0 Å². The summed E-state index contributed by atoms with van der Waals surface area (Å²) in [6.45, 7) is 6.05. The Morgan fingerprint density at radius 3 is 2.39 bits per heavy atom. The van der Waals surface area contributed by atoms with Crippen LogP contribution in [0.25, 0.3) is 0 Å². The molecule has 0 saturated heterocycles. The van der Waals surface area contributed by atoms with Gasteiger partial charge in [0.1, 0.15) is 0 Å². The van der Waals surface area contributed by atoms with Crippen LogP contribution in [-0.2, 0) is 0 Å². The van der Waals surface area contributed by atoms with Crippen LogP contribution >= 0.6 is 15.9 Å². The molecule has 3 nitrogen and oxygen atoms in total. The molecule has 0 spiro atoms. The topological polar surface area (TPSA) is 37.8 Å². The van der Waals surface area contributed by atoms with E-state index in [0.29, 0.717) is 5.95 Å². The zero-order valence-electron chi connectivity index (χ0n) is 10.7. The number of aryl methyl sites for hydroxylation is 2. The molecule has 4 heteroatoms. The highest BCUT2D eigenvalue weighted by molar-refractivity contribution is 9.10. The molecule has 0 aliphatic rings. The molecule has 1 heterocycles. The average molecular weight is 306 g/mol. The van der Waals surface area contributed by atoms with Crippen molar-refractivity contribution < 1.29 is 0 Å². The molecule has 2 aromatic rings. The normalized spacial score (nSPS) is 12.2. The molecule has 1 N–H and O–H groups in total. The van der Waals surface area contributed by atoms with Crippen molar-refractivity contribution in [1.29, 1.82) is 0 Å². The molecule has 0 fully saturated rings. The molecule has 2 rings (SSSR count). The first-order valence-corrected chi connectivity index (χ1v) is 6.68. The summed E-state index contributed by atoms with van der Waals surface area (Å²) >= 11 is 3.48. The maximum absolute atomic E-state index is 4.39. The van der Waals surface area contributed by atoms with Crippen LogP contribution in [0.3, 0.4) is 0 Å². The summed E-state index contributed by atoms with van der Waals surface area (Å²) in [6.07, 6.45) is 0. The third-order valence-corrected chi connectivity index (χ3v) is 3.17. The Labute approximate surface area is 116 Å². The van der Waals surface area contributed by atoms with Crippen LogP contribution in [0, 0.1) is 13.8 Å².